The smallest absolute Gasteiger partial charge is 0.261 e. The number of amides is 2. The van der Waals surface area contributed by atoms with Gasteiger partial charge in [-0.25, -0.2) is 0 Å². The first-order chi connectivity index (χ1) is 15.0. The Bertz CT molecular complexity index is 884. The molecule has 0 aliphatic rings. The lowest BCUT2D eigenvalue weighted by Crippen LogP contribution is -2.50. The molecule has 174 valence electrons. The largest absolute Gasteiger partial charge is 0.497 e. The molecule has 0 aliphatic carbocycles. The van der Waals surface area contributed by atoms with Crippen molar-refractivity contribution >= 4 is 11.8 Å². The summed E-state index contributed by atoms with van der Waals surface area (Å²) in [7, 11) is 1.61. The van der Waals surface area contributed by atoms with E-state index in [1.54, 1.807) is 18.9 Å². The molecule has 0 fully saturated rings. The van der Waals surface area contributed by atoms with Crippen LogP contribution in [0.15, 0.2) is 48.5 Å². The first-order valence-electron chi connectivity index (χ1n) is 11.0. The van der Waals surface area contributed by atoms with Gasteiger partial charge < -0.3 is 19.7 Å². The van der Waals surface area contributed by atoms with Crippen molar-refractivity contribution in [3.63, 3.8) is 0 Å². The van der Waals surface area contributed by atoms with Crippen molar-refractivity contribution in [3.8, 4) is 11.5 Å². The SMILES string of the molecule is COc1ccc(CN(C(=O)COc2ccc(C(C)(C)C)cc2)[C@H](C)C(=O)NC(C)C)cc1. The lowest BCUT2D eigenvalue weighted by Gasteiger charge is -2.29. The molecule has 6 nitrogen and oxygen atoms in total. The first-order valence-corrected chi connectivity index (χ1v) is 11.0. The van der Waals surface area contributed by atoms with E-state index in [1.807, 2.05) is 62.4 Å². The van der Waals surface area contributed by atoms with Gasteiger partial charge in [0.15, 0.2) is 6.61 Å². The van der Waals surface area contributed by atoms with Gasteiger partial charge in [0.25, 0.3) is 5.91 Å². The predicted octanol–water partition coefficient (Wildman–Crippen LogP) is 4.31. The van der Waals surface area contributed by atoms with Crippen LogP contribution in [0.5, 0.6) is 11.5 Å². The van der Waals surface area contributed by atoms with Crippen LogP contribution in [0.25, 0.3) is 0 Å². The predicted molar refractivity (Wildman–Crippen MR) is 127 cm³/mol. The maximum atomic E-state index is 13.1. The molecular formula is C26H36N2O4. The van der Waals surface area contributed by atoms with Crippen molar-refractivity contribution in [3.05, 3.63) is 59.7 Å². The lowest BCUT2D eigenvalue weighted by molar-refractivity contribution is -0.142. The Hall–Kier alpha value is -3.02. The quantitative estimate of drug-likeness (QED) is 0.631. The third-order valence-electron chi connectivity index (χ3n) is 5.19. The maximum absolute atomic E-state index is 13.1. The number of ether oxygens (including phenoxy) is 2. The molecular weight excluding hydrogens is 404 g/mol. The molecule has 0 heterocycles. The number of methoxy groups -OCH3 is 1. The van der Waals surface area contributed by atoms with Crippen LogP contribution >= 0.6 is 0 Å². The van der Waals surface area contributed by atoms with Crippen molar-refractivity contribution in [1.82, 2.24) is 10.2 Å². The Morgan fingerprint density at radius 1 is 0.938 bits per heavy atom. The van der Waals surface area contributed by atoms with Crippen LogP contribution in [0.3, 0.4) is 0 Å². The number of hydrogen-bond donors (Lipinski definition) is 1. The first kappa shape index (κ1) is 25.2. The lowest BCUT2D eigenvalue weighted by atomic mass is 9.87. The molecule has 1 N–H and O–H groups in total. The Balaban J connectivity index is 2.13. The van der Waals surface area contributed by atoms with Crippen LogP contribution in [0.4, 0.5) is 0 Å². The number of hydrogen-bond acceptors (Lipinski definition) is 4. The molecule has 0 aromatic heterocycles. The molecule has 0 saturated carbocycles. The summed E-state index contributed by atoms with van der Waals surface area (Å²) in [5.41, 5.74) is 2.14. The molecule has 0 unspecified atom stereocenters. The molecule has 32 heavy (non-hydrogen) atoms. The summed E-state index contributed by atoms with van der Waals surface area (Å²) in [5, 5.41) is 2.88. The number of rotatable bonds is 9. The van der Waals surface area contributed by atoms with Gasteiger partial charge in [-0.05, 0) is 61.6 Å². The van der Waals surface area contributed by atoms with Crippen molar-refractivity contribution in [2.45, 2.75) is 65.6 Å². The van der Waals surface area contributed by atoms with Crippen LogP contribution < -0.4 is 14.8 Å². The van der Waals surface area contributed by atoms with E-state index < -0.39 is 6.04 Å². The zero-order valence-electron chi connectivity index (χ0n) is 20.3. The summed E-state index contributed by atoms with van der Waals surface area (Å²) < 4.78 is 11.0. The number of nitrogens with one attached hydrogen (secondary N) is 1. The third-order valence-corrected chi connectivity index (χ3v) is 5.19. The molecule has 0 aliphatic heterocycles. The summed E-state index contributed by atoms with van der Waals surface area (Å²) in [4.78, 5) is 27.3. The summed E-state index contributed by atoms with van der Waals surface area (Å²) in [6.45, 7) is 12.1. The minimum Gasteiger partial charge on any atom is -0.497 e. The second-order valence-corrected chi connectivity index (χ2v) is 9.27. The highest BCUT2D eigenvalue weighted by Crippen LogP contribution is 2.24. The Kier molecular flexibility index (Phi) is 8.70. The summed E-state index contributed by atoms with van der Waals surface area (Å²) >= 11 is 0. The normalized spacial score (nSPS) is 12.2. The van der Waals surface area contributed by atoms with Gasteiger partial charge in [-0.15, -0.1) is 0 Å². The molecule has 2 aromatic carbocycles. The van der Waals surface area contributed by atoms with Gasteiger partial charge in [0.2, 0.25) is 5.91 Å². The van der Waals surface area contributed by atoms with Gasteiger partial charge in [-0.2, -0.15) is 0 Å². The van der Waals surface area contributed by atoms with Crippen molar-refractivity contribution in [1.29, 1.82) is 0 Å². The number of carbonyl (C=O) groups is 2. The molecule has 0 radical (unpaired) electrons. The zero-order valence-corrected chi connectivity index (χ0v) is 20.3. The molecule has 2 aromatic rings. The van der Waals surface area contributed by atoms with Crippen LogP contribution in [0.1, 0.15) is 52.7 Å². The highest BCUT2D eigenvalue weighted by Gasteiger charge is 2.27. The average molecular weight is 441 g/mol. The molecule has 1 atom stereocenters. The second-order valence-electron chi connectivity index (χ2n) is 9.27. The second kappa shape index (κ2) is 11.0. The summed E-state index contributed by atoms with van der Waals surface area (Å²) in [6.07, 6.45) is 0. The van der Waals surface area contributed by atoms with Gasteiger partial charge >= 0.3 is 0 Å². The van der Waals surface area contributed by atoms with Crippen LogP contribution in [-0.4, -0.2) is 42.5 Å². The standard InChI is InChI=1S/C26H36N2O4/c1-18(2)27-25(30)19(3)28(16-20-8-12-22(31-7)13-9-20)24(29)17-32-23-14-10-21(11-15-23)26(4,5)6/h8-15,18-19H,16-17H2,1-7H3,(H,27,30)/t19-/m1/s1. The Morgan fingerprint density at radius 3 is 2.00 bits per heavy atom. The van der Waals surface area contributed by atoms with Gasteiger partial charge in [0.05, 0.1) is 7.11 Å². The minimum atomic E-state index is -0.640. The third kappa shape index (κ3) is 7.29. The van der Waals surface area contributed by atoms with E-state index in [0.29, 0.717) is 12.3 Å². The highest BCUT2D eigenvalue weighted by molar-refractivity contribution is 5.88. The van der Waals surface area contributed by atoms with Crippen LogP contribution in [-0.2, 0) is 21.5 Å². The molecule has 0 bridgehead atoms. The Labute approximate surface area is 191 Å². The van der Waals surface area contributed by atoms with E-state index in [2.05, 4.69) is 26.1 Å². The molecule has 2 amide bonds. The molecule has 0 spiro atoms. The van der Waals surface area contributed by atoms with Gasteiger partial charge in [0.1, 0.15) is 17.5 Å². The van der Waals surface area contributed by atoms with Crippen molar-refractivity contribution in [2.75, 3.05) is 13.7 Å². The van der Waals surface area contributed by atoms with E-state index in [1.165, 1.54) is 5.56 Å². The number of nitrogens with zero attached hydrogens (tertiary/aromatic N) is 1. The van der Waals surface area contributed by atoms with Gasteiger partial charge in [-0.1, -0.05) is 45.0 Å². The molecule has 0 saturated heterocycles. The fraction of sp³-hybridized carbons (Fsp3) is 0.462. The Morgan fingerprint density at radius 2 is 1.50 bits per heavy atom. The topological polar surface area (TPSA) is 67.9 Å². The fourth-order valence-corrected chi connectivity index (χ4v) is 3.19. The number of benzene rings is 2. The van der Waals surface area contributed by atoms with Gasteiger partial charge in [0, 0.05) is 12.6 Å². The van der Waals surface area contributed by atoms with E-state index in [9.17, 15) is 9.59 Å². The summed E-state index contributed by atoms with van der Waals surface area (Å²) in [5.74, 6) is 0.901. The van der Waals surface area contributed by atoms with Crippen LogP contribution in [0.2, 0.25) is 0 Å². The zero-order chi connectivity index (χ0) is 23.9. The monoisotopic (exact) mass is 440 g/mol. The van der Waals surface area contributed by atoms with Crippen LogP contribution in [0, 0.1) is 0 Å². The van der Waals surface area contributed by atoms with Crippen molar-refractivity contribution < 1.29 is 19.1 Å². The maximum Gasteiger partial charge on any atom is 0.261 e. The molecule has 6 heteroatoms. The van der Waals surface area contributed by atoms with Crippen molar-refractivity contribution in [2.24, 2.45) is 0 Å². The number of carbonyl (C=O) groups excluding carboxylic acids is 2. The average Bonchev–Trinajstić information content (AvgIpc) is 2.75. The van der Waals surface area contributed by atoms with E-state index in [4.69, 9.17) is 9.47 Å². The van der Waals surface area contributed by atoms with Gasteiger partial charge in [-0.3, -0.25) is 9.59 Å². The van der Waals surface area contributed by atoms with E-state index in [-0.39, 0.29) is 29.9 Å². The minimum absolute atomic E-state index is 0.0135. The molecule has 2 rings (SSSR count). The van der Waals surface area contributed by atoms with E-state index >= 15 is 0 Å². The summed E-state index contributed by atoms with van der Waals surface area (Å²) in [6, 6.07) is 14.6. The fourth-order valence-electron chi connectivity index (χ4n) is 3.19. The highest BCUT2D eigenvalue weighted by atomic mass is 16.5. The van der Waals surface area contributed by atoms with E-state index in [0.717, 1.165) is 11.3 Å².